The predicted octanol–water partition coefficient (Wildman–Crippen LogP) is 3.75. The molecule has 0 spiro atoms. The summed E-state index contributed by atoms with van der Waals surface area (Å²) in [5.74, 6) is 0. The van der Waals surface area contributed by atoms with Crippen LogP contribution in [0.1, 0.15) is 24.4 Å². The maximum Gasteiger partial charge on any atom is 0.389 e. The second kappa shape index (κ2) is 5.80. The Morgan fingerprint density at radius 2 is 1.94 bits per heavy atom. The largest absolute Gasteiger partial charge is 0.389 e. The first-order valence-electron chi connectivity index (χ1n) is 5.50. The minimum absolute atomic E-state index is 0.162. The molecule has 0 amide bonds. The molecule has 1 rings (SSSR count). The Kier molecular flexibility index (Phi) is 4.87. The van der Waals surface area contributed by atoms with E-state index in [-0.39, 0.29) is 6.42 Å². The molecule has 18 heavy (non-hydrogen) atoms. The van der Waals surface area contributed by atoms with Gasteiger partial charge in [-0.25, -0.2) is 0 Å². The number of hydrogen-bond acceptors (Lipinski definition) is 2. The van der Waals surface area contributed by atoms with Crippen molar-refractivity contribution in [3.8, 4) is 0 Å². The summed E-state index contributed by atoms with van der Waals surface area (Å²) in [5.41, 5.74) is 7.16. The van der Waals surface area contributed by atoms with E-state index in [0.29, 0.717) is 10.6 Å². The summed E-state index contributed by atoms with van der Waals surface area (Å²) >= 11 is 6.03. The van der Waals surface area contributed by atoms with Crippen molar-refractivity contribution in [2.75, 3.05) is 19.0 Å². The Hall–Kier alpha value is -0.940. The highest BCUT2D eigenvalue weighted by molar-refractivity contribution is 6.31. The average molecular weight is 281 g/mol. The van der Waals surface area contributed by atoms with E-state index in [1.165, 1.54) is 0 Å². The number of benzene rings is 1. The Morgan fingerprint density at radius 3 is 2.39 bits per heavy atom. The molecule has 0 aliphatic carbocycles. The van der Waals surface area contributed by atoms with E-state index in [0.717, 1.165) is 5.69 Å². The number of nitrogens with two attached hydrogens (primary N) is 1. The summed E-state index contributed by atoms with van der Waals surface area (Å²) in [6.07, 6.45) is -5.25. The maximum atomic E-state index is 12.1. The van der Waals surface area contributed by atoms with Crippen LogP contribution < -0.4 is 10.6 Å². The molecular weight excluding hydrogens is 265 g/mol. The number of halogens is 4. The first-order valence-corrected chi connectivity index (χ1v) is 5.87. The summed E-state index contributed by atoms with van der Waals surface area (Å²) < 4.78 is 36.3. The lowest BCUT2D eigenvalue weighted by Gasteiger charge is -2.18. The molecule has 0 saturated carbocycles. The Morgan fingerprint density at radius 1 is 1.33 bits per heavy atom. The maximum absolute atomic E-state index is 12.1. The van der Waals surface area contributed by atoms with Crippen LogP contribution in [0, 0.1) is 0 Å². The van der Waals surface area contributed by atoms with Crippen LogP contribution in [0.5, 0.6) is 0 Å². The van der Waals surface area contributed by atoms with Gasteiger partial charge in [0.05, 0.1) is 0 Å². The molecule has 2 nitrogen and oxygen atoms in total. The molecule has 1 aromatic carbocycles. The highest BCUT2D eigenvalue weighted by Gasteiger charge is 2.28. The molecule has 0 aliphatic rings. The summed E-state index contributed by atoms with van der Waals surface area (Å²) in [5, 5.41) is 0.399. The predicted molar refractivity (Wildman–Crippen MR) is 68.0 cm³/mol. The van der Waals surface area contributed by atoms with Crippen molar-refractivity contribution >= 4 is 17.3 Å². The minimum Gasteiger partial charge on any atom is -0.378 e. The lowest BCUT2D eigenvalue weighted by Crippen LogP contribution is -2.16. The third-order valence-corrected chi connectivity index (χ3v) is 2.97. The summed E-state index contributed by atoms with van der Waals surface area (Å²) in [6, 6.07) is 4.47. The van der Waals surface area contributed by atoms with Crippen LogP contribution in [0.4, 0.5) is 18.9 Å². The molecule has 0 saturated heterocycles. The van der Waals surface area contributed by atoms with Crippen molar-refractivity contribution in [1.29, 1.82) is 0 Å². The van der Waals surface area contributed by atoms with Gasteiger partial charge in [0.25, 0.3) is 0 Å². The molecule has 2 N–H and O–H groups in total. The first-order chi connectivity index (χ1) is 8.20. The smallest absolute Gasteiger partial charge is 0.378 e. The van der Waals surface area contributed by atoms with Gasteiger partial charge in [0.15, 0.2) is 0 Å². The molecule has 0 unspecified atom stereocenters. The second-order valence-corrected chi connectivity index (χ2v) is 4.77. The fraction of sp³-hybridized carbons (Fsp3) is 0.500. The third kappa shape index (κ3) is 4.38. The summed E-state index contributed by atoms with van der Waals surface area (Å²) in [4.78, 5) is 1.86. The lowest BCUT2D eigenvalue weighted by molar-refractivity contribution is -0.136. The lowest BCUT2D eigenvalue weighted by atomic mass is 10.0. The average Bonchev–Trinajstić information content (AvgIpc) is 2.24. The zero-order chi connectivity index (χ0) is 13.9. The fourth-order valence-corrected chi connectivity index (χ4v) is 1.88. The van der Waals surface area contributed by atoms with Crippen molar-refractivity contribution in [3.05, 3.63) is 28.8 Å². The number of alkyl halides is 3. The summed E-state index contributed by atoms with van der Waals surface area (Å²) in [6.45, 7) is 0. The number of nitrogens with zero attached hydrogens (tertiary/aromatic N) is 1. The Bertz CT molecular complexity index is 405. The van der Waals surface area contributed by atoms with Gasteiger partial charge in [-0.1, -0.05) is 17.7 Å². The third-order valence-electron chi connectivity index (χ3n) is 2.64. The van der Waals surface area contributed by atoms with Crippen molar-refractivity contribution in [2.24, 2.45) is 5.73 Å². The first kappa shape index (κ1) is 15.1. The van der Waals surface area contributed by atoms with E-state index >= 15 is 0 Å². The van der Waals surface area contributed by atoms with Crippen LogP contribution in [0.15, 0.2) is 18.2 Å². The van der Waals surface area contributed by atoms with Crippen LogP contribution >= 0.6 is 11.6 Å². The fourth-order valence-electron chi connectivity index (χ4n) is 1.57. The van der Waals surface area contributed by atoms with E-state index in [9.17, 15) is 13.2 Å². The number of hydrogen-bond donors (Lipinski definition) is 1. The molecule has 1 aromatic rings. The highest BCUT2D eigenvalue weighted by atomic mass is 35.5. The van der Waals surface area contributed by atoms with E-state index in [1.807, 2.05) is 19.0 Å². The van der Waals surface area contributed by atoms with Crippen molar-refractivity contribution in [1.82, 2.24) is 0 Å². The van der Waals surface area contributed by atoms with Crippen LogP contribution in [0.25, 0.3) is 0 Å². The van der Waals surface area contributed by atoms with Crippen molar-refractivity contribution in [2.45, 2.75) is 25.1 Å². The minimum atomic E-state index is -4.19. The van der Waals surface area contributed by atoms with E-state index in [4.69, 9.17) is 17.3 Å². The van der Waals surface area contributed by atoms with E-state index < -0.39 is 18.6 Å². The van der Waals surface area contributed by atoms with Gasteiger partial charge in [0, 0.05) is 37.3 Å². The van der Waals surface area contributed by atoms with Gasteiger partial charge < -0.3 is 10.6 Å². The number of anilines is 1. The molecule has 0 heterocycles. The van der Waals surface area contributed by atoms with Gasteiger partial charge >= 0.3 is 6.18 Å². The van der Waals surface area contributed by atoms with Crippen LogP contribution in [-0.2, 0) is 0 Å². The van der Waals surface area contributed by atoms with Gasteiger partial charge in [0.2, 0.25) is 0 Å². The normalized spacial score (nSPS) is 13.5. The van der Waals surface area contributed by atoms with Crippen LogP contribution in [0.3, 0.4) is 0 Å². The molecule has 102 valence electrons. The molecule has 0 aliphatic heterocycles. The van der Waals surface area contributed by atoms with Gasteiger partial charge in [-0.3, -0.25) is 0 Å². The molecular formula is C12H16ClF3N2. The number of rotatable bonds is 4. The van der Waals surface area contributed by atoms with Gasteiger partial charge in [-0.05, 0) is 24.1 Å². The van der Waals surface area contributed by atoms with Gasteiger partial charge in [-0.15, -0.1) is 0 Å². The van der Waals surface area contributed by atoms with E-state index in [2.05, 4.69) is 0 Å². The second-order valence-electron chi connectivity index (χ2n) is 4.36. The zero-order valence-electron chi connectivity index (χ0n) is 10.3. The molecule has 0 bridgehead atoms. The van der Waals surface area contributed by atoms with Gasteiger partial charge in [-0.2, -0.15) is 13.2 Å². The molecule has 6 heteroatoms. The quantitative estimate of drug-likeness (QED) is 0.910. The van der Waals surface area contributed by atoms with Crippen LogP contribution in [0.2, 0.25) is 5.02 Å². The Balaban J connectivity index is 2.77. The topological polar surface area (TPSA) is 29.3 Å². The van der Waals surface area contributed by atoms with Crippen molar-refractivity contribution < 1.29 is 13.2 Å². The van der Waals surface area contributed by atoms with Gasteiger partial charge in [0.1, 0.15) is 0 Å². The van der Waals surface area contributed by atoms with E-state index in [1.54, 1.807) is 18.2 Å². The monoisotopic (exact) mass is 280 g/mol. The van der Waals surface area contributed by atoms with Crippen molar-refractivity contribution in [3.63, 3.8) is 0 Å². The molecule has 0 aromatic heterocycles. The zero-order valence-corrected chi connectivity index (χ0v) is 11.0. The van der Waals surface area contributed by atoms with Crippen LogP contribution in [-0.4, -0.2) is 20.3 Å². The summed E-state index contributed by atoms with van der Waals surface area (Å²) in [7, 11) is 3.71. The molecule has 1 atom stereocenters. The Labute approximate surface area is 110 Å². The SMILES string of the molecule is CN(C)c1ccc([C@@H](N)CCC(F)(F)F)c(Cl)c1. The molecule has 0 radical (unpaired) electrons. The standard InChI is InChI=1S/C12H16ClF3N2/c1-18(2)8-3-4-9(10(13)7-8)11(17)5-6-12(14,15)16/h3-4,7,11H,5-6,17H2,1-2H3/t11-/m0/s1. The highest BCUT2D eigenvalue weighted by Crippen LogP contribution is 2.31. The molecule has 0 fully saturated rings.